The van der Waals surface area contributed by atoms with Gasteiger partial charge in [-0.25, -0.2) is 18.3 Å². The van der Waals surface area contributed by atoms with Crippen molar-refractivity contribution in [2.24, 2.45) is 0 Å². The van der Waals surface area contributed by atoms with Crippen molar-refractivity contribution in [1.29, 1.82) is 0 Å². The minimum absolute atomic E-state index is 0.0734. The number of hydrogen-bond acceptors (Lipinski definition) is 4. The molecule has 0 aliphatic carbocycles. The fourth-order valence-corrected chi connectivity index (χ4v) is 1.35. The number of nitrogens with one attached hydrogen (secondary N) is 1. The van der Waals surface area contributed by atoms with E-state index in [1.54, 1.807) is 6.92 Å². The van der Waals surface area contributed by atoms with E-state index in [9.17, 15) is 18.4 Å². The number of aromatic carboxylic acids is 1. The van der Waals surface area contributed by atoms with E-state index in [1.807, 2.05) is 0 Å². The van der Waals surface area contributed by atoms with Crippen LogP contribution in [0.5, 0.6) is 0 Å². The van der Waals surface area contributed by atoms with Crippen molar-refractivity contribution in [3.05, 3.63) is 11.4 Å². The number of amides is 1. The summed E-state index contributed by atoms with van der Waals surface area (Å²) in [6.45, 7) is 2.00. The van der Waals surface area contributed by atoms with E-state index in [0.717, 1.165) is 4.68 Å². The molecule has 0 aliphatic rings. The Kier molecular flexibility index (Phi) is 4.69. The number of aryl methyl sites for hydroxylation is 1. The van der Waals surface area contributed by atoms with Gasteiger partial charge in [0.25, 0.3) is 6.43 Å². The number of nitrogens with zero attached hydrogens (tertiary/aromatic N) is 3. The van der Waals surface area contributed by atoms with Gasteiger partial charge in [-0.3, -0.25) is 4.79 Å². The first-order valence-electron chi connectivity index (χ1n) is 5.18. The fraction of sp³-hybridized carbons (Fsp3) is 0.556. The molecule has 0 radical (unpaired) electrons. The highest BCUT2D eigenvalue weighted by atomic mass is 19.3. The summed E-state index contributed by atoms with van der Waals surface area (Å²) in [6.07, 6.45) is -3.09. The third kappa shape index (κ3) is 3.22. The van der Waals surface area contributed by atoms with Crippen molar-refractivity contribution in [2.75, 3.05) is 6.54 Å². The van der Waals surface area contributed by atoms with Crippen LogP contribution in [0.25, 0.3) is 0 Å². The largest absolute Gasteiger partial charge is 0.476 e. The molecule has 0 fully saturated rings. The number of aromatic nitrogens is 3. The molecule has 7 nitrogen and oxygen atoms in total. The number of carboxylic acids is 1. The maximum Gasteiger partial charge on any atom is 0.358 e. The van der Waals surface area contributed by atoms with E-state index in [-0.39, 0.29) is 18.9 Å². The van der Waals surface area contributed by atoms with Gasteiger partial charge in [0.1, 0.15) is 5.69 Å². The molecule has 0 saturated carbocycles. The van der Waals surface area contributed by atoms with Gasteiger partial charge in [-0.05, 0) is 6.92 Å². The van der Waals surface area contributed by atoms with E-state index in [0.29, 0.717) is 6.54 Å². The maximum absolute atomic E-state index is 12.7. The molecule has 100 valence electrons. The standard InChI is InChI=1S/C9H12F2N4O3/c1-2-12-5(16)3-4-15-7(8(10)11)6(9(17)18)13-14-15/h8H,2-4H2,1H3,(H,12,16)(H,17,18). The number of hydrogen-bond donors (Lipinski definition) is 2. The Morgan fingerprint density at radius 3 is 2.67 bits per heavy atom. The topological polar surface area (TPSA) is 97.1 Å². The summed E-state index contributed by atoms with van der Waals surface area (Å²) in [5, 5.41) is 17.6. The highest BCUT2D eigenvalue weighted by Gasteiger charge is 2.26. The van der Waals surface area contributed by atoms with Crippen LogP contribution in [0.2, 0.25) is 0 Å². The second-order valence-corrected chi connectivity index (χ2v) is 3.36. The zero-order valence-corrected chi connectivity index (χ0v) is 9.56. The van der Waals surface area contributed by atoms with Gasteiger partial charge in [0, 0.05) is 13.0 Å². The average Bonchev–Trinajstić information content (AvgIpc) is 2.70. The van der Waals surface area contributed by atoms with Crippen molar-refractivity contribution in [3.63, 3.8) is 0 Å². The molecule has 1 aromatic rings. The lowest BCUT2D eigenvalue weighted by Gasteiger charge is -2.06. The van der Waals surface area contributed by atoms with E-state index >= 15 is 0 Å². The number of carboxylic acid groups (broad SMARTS) is 1. The Labute approximate surface area is 101 Å². The van der Waals surface area contributed by atoms with Gasteiger partial charge in [0.05, 0.1) is 6.54 Å². The molecule has 1 heterocycles. The first kappa shape index (κ1) is 14.0. The van der Waals surface area contributed by atoms with Crippen molar-refractivity contribution >= 4 is 11.9 Å². The SMILES string of the molecule is CCNC(=O)CCn1nnc(C(=O)O)c1C(F)F. The predicted octanol–water partition coefficient (Wildman–Crippen LogP) is 0.440. The summed E-state index contributed by atoms with van der Waals surface area (Å²) < 4.78 is 26.1. The van der Waals surface area contributed by atoms with Gasteiger partial charge in [-0.2, -0.15) is 0 Å². The number of rotatable bonds is 6. The fourth-order valence-electron chi connectivity index (χ4n) is 1.35. The number of carbonyl (C=O) groups is 2. The van der Waals surface area contributed by atoms with E-state index < -0.39 is 23.8 Å². The highest BCUT2D eigenvalue weighted by Crippen LogP contribution is 2.21. The van der Waals surface area contributed by atoms with Crippen molar-refractivity contribution < 1.29 is 23.5 Å². The molecule has 0 unspecified atom stereocenters. The quantitative estimate of drug-likeness (QED) is 0.775. The molecule has 2 N–H and O–H groups in total. The minimum atomic E-state index is -3.01. The van der Waals surface area contributed by atoms with Crippen LogP contribution in [-0.4, -0.2) is 38.5 Å². The molecule has 1 amide bonds. The molecule has 1 rings (SSSR count). The van der Waals surface area contributed by atoms with Crippen LogP contribution in [0.3, 0.4) is 0 Å². The van der Waals surface area contributed by atoms with Crippen molar-refractivity contribution in [1.82, 2.24) is 20.3 Å². The van der Waals surface area contributed by atoms with Gasteiger partial charge in [-0.1, -0.05) is 5.21 Å². The van der Waals surface area contributed by atoms with Gasteiger partial charge in [-0.15, -0.1) is 5.10 Å². The molecule has 18 heavy (non-hydrogen) atoms. The van der Waals surface area contributed by atoms with Crippen LogP contribution in [0, 0.1) is 0 Å². The Morgan fingerprint density at radius 2 is 2.17 bits per heavy atom. The third-order valence-electron chi connectivity index (χ3n) is 2.11. The lowest BCUT2D eigenvalue weighted by atomic mass is 10.3. The second kappa shape index (κ2) is 6.03. The Bertz CT molecular complexity index is 447. The average molecular weight is 262 g/mol. The molecule has 0 aromatic carbocycles. The number of alkyl halides is 2. The predicted molar refractivity (Wildman–Crippen MR) is 55.2 cm³/mol. The second-order valence-electron chi connectivity index (χ2n) is 3.36. The van der Waals surface area contributed by atoms with Crippen LogP contribution >= 0.6 is 0 Å². The zero-order chi connectivity index (χ0) is 13.7. The summed E-state index contributed by atoms with van der Waals surface area (Å²) in [7, 11) is 0. The van der Waals surface area contributed by atoms with Crippen LogP contribution < -0.4 is 5.32 Å². The maximum atomic E-state index is 12.7. The lowest BCUT2D eigenvalue weighted by Crippen LogP contribution is -2.24. The van der Waals surface area contributed by atoms with Crippen LogP contribution in [0.15, 0.2) is 0 Å². The summed E-state index contributed by atoms with van der Waals surface area (Å²) >= 11 is 0. The molecule has 0 saturated heterocycles. The summed E-state index contributed by atoms with van der Waals surface area (Å²) in [5.74, 6) is -1.90. The summed E-state index contributed by atoms with van der Waals surface area (Å²) in [5.41, 5.74) is -1.58. The van der Waals surface area contributed by atoms with E-state index in [4.69, 9.17) is 5.11 Å². The third-order valence-corrected chi connectivity index (χ3v) is 2.11. The van der Waals surface area contributed by atoms with Gasteiger partial charge in [0.15, 0.2) is 5.69 Å². The van der Waals surface area contributed by atoms with Gasteiger partial charge < -0.3 is 10.4 Å². The molecule has 1 aromatic heterocycles. The number of halogens is 2. The van der Waals surface area contributed by atoms with Crippen molar-refractivity contribution in [2.45, 2.75) is 26.3 Å². The smallest absolute Gasteiger partial charge is 0.358 e. The van der Waals surface area contributed by atoms with Crippen molar-refractivity contribution in [3.8, 4) is 0 Å². The van der Waals surface area contributed by atoms with E-state index in [2.05, 4.69) is 15.6 Å². The molecule has 0 atom stereocenters. The Hall–Kier alpha value is -2.06. The lowest BCUT2D eigenvalue weighted by molar-refractivity contribution is -0.121. The summed E-state index contributed by atoms with van der Waals surface area (Å²) in [6, 6.07) is 0. The summed E-state index contributed by atoms with van der Waals surface area (Å²) in [4.78, 5) is 21.8. The molecular weight excluding hydrogens is 250 g/mol. The Morgan fingerprint density at radius 1 is 1.50 bits per heavy atom. The molecule has 0 spiro atoms. The first-order chi connectivity index (χ1) is 8.47. The van der Waals surface area contributed by atoms with Crippen LogP contribution in [0.4, 0.5) is 8.78 Å². The molecule has 0 bridgehead atoms. The monoisotopic (exact) mass is 262 g/mol. The molecular formula is C9H12F2N4O3. The molecule has 9 heteroatoms. The number of carbonyl (C=O) groups excluding carboxylic acids is 1. The van der Waals surface area contributed by atoms with Crippen LogP contribution in [-0.2, 0) is 11.3 Å². The first-order valence-corrected chi connectivity index (χ1v) is 5.18. The normalized spacial score (nSPS) is 10.7. The van der Waals surface area contributed by atoms with Gasteiger partial charge in [0.2, 0.25) is 5.91 Å². The zero-order valence-electron chi connectivity index (χ0n) is 9.56. The van der Waals surface area contributed by atoms with E-state index in [1.165, 1.54) is 0 Å². The Balaban J connectivity index is 2.83. The van der Waals surface area contributed by atoms with Crippen LogP contribution in [0.1, 0.15) is 36.0 Å². The highest BCUT2D eigenvalue weighted by molar-refractivity contribution is 5.86. The minimum Gasteiger partial charge on any atom is -0.476 e. The molecule has 0 aliphatic heterocycles. The van der Waals surface area contributed by atoms with Gasteiger partial charge >= 0.3 is 5.97 Å².